The van der Waals surface area contributed by atoms with Crippen molar-refractivity contribution in [1.29, 1.82) is 0 Å². The number of allylic oxidation sites excluding steroid dienone is 3. The molecule has 8 rings (SSSR count). The van der Waals surface area contributed by atoms with Gasteiger partial charge in [-0.2, -0.15) is 0 Å². The molecule has 5 aromatic carbocycles. The van der Waals surface area contributed by atoms with E-state index in [0.717, 1.165) is 33.0 Å². The van der Waals surface area contributed by atoms with Crippen LogP contribution in [0.4, 0.5) is 0 Å². The minimum absolute atomic E-state index is 0.00695. The molecule has 0 saturated heterocycles. The molecule has 7 nitrogen and oxygen atoms in total. The lowest BCUT2D eigenvalue weighted by atomic mass is 9.62. The summed E-state index contributed by atoms with van der Waals surface area (Å²) < 4.78 is 0. The highest BCUT2D eigenvalue weighted by Crippen LogP contribution is 2.63. The van der Waals surface area contributed by atoms with E-state index in [4.69, 9.17) is 7.85 Å². The Kier molecular flexibility index (Phi) is 5.88. The number of hydrogen-bond donors (Lipinski definition) is 7. The summed E-state index contributed by atoms with van der Waals surface area (Å²) in [6, 6.07) is 26.8. The number of hydrogen-bond acceptors (Lipinski definition) is 7. The van der Waals surface area contributed by atoms with Crippen LogP contribution in [-0.2, 0) is 5.41 Å². The molecule has 0 saturated carbocycles. The number of fused-ring (bicyclic) bond motifs is 6. The van der Waals surface area contributed by atoms with E-state index >= 15 is 0 Å². The third-order valence-corrected chi connectivity index (χ3v) is 10.2. The molecule has 47 heavy (non-hydrogen) atoms. The second-order valence-electron chi connectivity index (χ2n) is 13.0. The third-order valence-electron chi connectivity index (χ3n) is 10.2. The van der Waals surface area contributed by atoms with E-state index in [9.17, 15) is 35.7 Å². The van der Waals surface area contributed by atoms with E-state index in [2.05, 4.69) is 26.0 Å². The molecule has 3 aliphatic rings. The summed E-state index contributed by atoms with van der Waals surface area (Å²) in [5.41, 5.74) is 4.48. The van der Waals surface area contributed by atoms with Crippen molar-refractivity contribution in [2.45, 2.75) is 25.2 Å². The van der Waals surface area contributed by atoms with Crippen LogP contribution < -0.4 is 0 Å². The van der Waals surface area contributed by atoms with E-state index < -0.39 is 63.0 Å². The largest absolute Gasteiger partial charge is 0.508 e. The lowest BCUT2D eigenvalue weighted by molar-refractivity contribution is 0.261. The molecule has 0 aliphatic heterocycles. The Bertz CT molecular complexity index is 2330. The Morgan fingerprint density at radius 2 is 1.26 bits per heavy atom. The molecule has 3 aliphatic carbocycles. The lowest BCUT2D eigenvalue weighted by Gasteiger charge is -2.40. The van der Waals surface area contributed by atoms with Crippen LogP contribution in [0, 0.1) is 5.92 Å². The molecule has 5 aromatic rings. The van der Waals surface area contributed by atoms with Crippen LogP contribution in [0.25, 0.3) is 27.5 Å². The maximum atomic E-state index is 11.7. The molecule has 0 fully saturated rings. The van der Waals surface area contributed by atoms with Gasteiger partial charge in [-0.3, -0.25) is 0 Å². The number of phenolic OH excluding ortho intramolecular Hbond substituents is 4. The van der Waals surface area contributed by atoms with E-state index in [1.165, 1.54) is 0 Å². The molecule has 7 N–H and O–H groups in total. The first-order chi connectivity index (χ1) is 22.4. The topological polar surface area (TPSA) is 142 Å². The molecule has 0 bridgehead atoms. The summed E-state index contributed by atoms with van der Waals surface area (Å²) >= 11 is 0. The van der Waals surface area contributed by atoms with Crippen LogP contribution >= 0.6 is 0 Å². The molecule has 0 aromatic heterocycles. The summed E-state index contributed by atoms with van der Waals surface area (Å²) in [6.07, 6.45) is 0. The van der Waals surface area contributed by atoms with Gasteiger partial charge in [-0.15, -0.1) is 0 Å². The average Bonchev–Trinajstić information content (AvgIpc) is 3.32. The Morgan fingerprint density at radius 3 is 2.02 bits per heavy atom. The molecule has 2 unspecified atom stereocenters. The molecule has 8 heteroatoms. The zero-order valence-electron chi connectivity index (χ0n) is 25.4. The maximum absolute atomic E-state index is 11.7. The van der Waals surface area contributed by atoms with Gasteiger partial charge in [0.2, 0.25) is 11.5 Å². The van der Waals surface area contributed by atoms with Crippen molar-refractivity contribution in [1.82, 2.24) is 0 Å². The number of rotatable bonds is 2. The van der Waals surface area contributed by atoms with Gasteiger partial charge in [0, 0.05) is 33.6 Å². The average molecular weight is 620 g/mol. The fourth-order valence-corrected chi connectivity index (χ4v) is 7.92. The van der Waals surface area contributed by atoms with Crippen LogP contribution in [0.1, 0.15) is 53.1 Å². The van der Waals surface area contributed by atoms with Gasteiger partial charge in [-0.25, -0.2) is 0 Å². The Balaban J connectivity index is 1.50. The minimum atomic E-state index is -1.22. The highest BCUT2D eigenvalue weighted by molar-refractivity contribution is 6.25. The molecular formula is C39H29BO7. The first-order valence-electron chi connectivity index (χ1n) is 15.2. The fraction of sp³-hybridized carbons (Fsp3) is 0.128. The summed E-state index contributed by atoms with van der Waals surface area (Å²) in [7, 11) is 6.18. The van der Waals surface area contributed by atoms with Gasteiger partial charge < -0.3 is 35.7 Å². The third kappa shape index (κ3) is 3.69. The predicted octanol–water partition coefficient (Wildman–Crippen LogP) is 7.81. The highest BCUT2D eigenvalue weighted by atomic mass is 16.3. The number of phenols is 4. The monoisotopic (exact) mass is 620 g/mol. The normalized spacial score (nSPS) is 19.4. The van der Waals surface area contributed by atoms with Gasteiger partial charge in [0.25, 0.3) is 0 Å². The van der Waals surface area contributed by atoms with Crippen molar-refractivity contribution in [2.24, 2.45) is 5.92 Å². The minimum Gasteiger partial charge on any atom is -0.508 e. The van der Waals surface area contributed by atoms with Gasteiger partial charge in [-0.1, -0.05) is 92.7 Å². The zero-order valence-corrected chi connectivity index (χ0v) is 25.4. The molecule has 0 amide bonds. The number of aromatic hydroxyl groups is 4. The van der Waals surface area contributed by atoms with Crippen molar-refractivity contribution in [3.05, 3.63) is 147 Å². The molecular weight excluding hydrogens is 591 g/mol. The van der Waals surface area contributed by atoms with Gasteiger partial charge in [0.15, 0.2) is 11.5 Å². The van der Waals surface area contributed by atoms with Crippen molar-refractivity contribution < 1.29 is 35.7 Å². The summed E-state index contributed by atoms with van der Waals surface area (Å²) in [4.78, 5) is 0. The van der Waals surface area contributed by atoms with E-state index in [0.29, 0.717) is 11.1 Å². The fourth-order valence-electron chi connectivity index (χ4n) is 7.92. The lowest BCUT2D eigenvalue weighted by Crippen LogP contribution is -2.31. The zero-order chi connectivity index (χ0) is 33.1. The number of benzene rings is 5. The van der Waals surface area contributed by atoms with Crippen LogP contribution in [0.2, 0.25) is 0 Å². The highest BCUT2D eigenvalue weighted by Gasteiger charge is 2.48. The molecule has 0 spiro atoms. The first kappa shape index (κ1) is 28.7. The number of aliphatic hydroxyl groups excluding tert-OH is 3. The second kappa shape index (κ2) is 9.63. The van der Waals surface area contributed by atoms with Gasteiger partial charge in [0.05, 0.1) is 5.92 Å². The van der Waals surface area contributed by atoms with Crippen molar-refractivity contribution in [3.63, 3.8) is 0 Å². The van der Waals surface area contributed by atoms with E-state index in [-0.39, 0.29) is 22.3 Å². The Labute approximate surface area is 271 Å². The van der Waals surface area contributed by atoms with Crippen LogP contribution in [0.3, 0.4) is 0 Å². The van der Waals surface area contributed by atoms with Crippen molar-refractivity contribution in [3.8, 4) is 34.1 Å². The molecule has 2 atom stereocenters. The van der Waals surface area contributed by atoms with Gasteiger partial charge in [-0.05, 0) is 55.7 Å². The SMILES string of the molecule is [B]C1=C(O)C2=C(c3ccc4c(c3)C(C)(C)c3ccccc3-4)c3c(O)c(O)c(O)c(O)c3C(c3ccc4ccccc4c3)C2C(O)=C1O. The summed E-state index contributed by atoms with van der Waals surface area (Å²) in [5, 5.41) is 81.0. The Morgan fingerprint density at radius 1 is 0.596 bits per heavy atom. The Hall–Kier alpha value is -5.76. The smallest absolute Gasteiger partial charge is 0.204 e. The van der Waals surface area contributed by atoms with E-state index in [1.807, 2.05) is 60.7 Å². The van der Waals surface area contributed by atoms with Gasteiger partial charge in [0.1, 0.15) is 25.1 Å². The maximum Gasteiger partial charge on any atom is 0.204 e. The predicted molar refractivity (Wildman–Crippen MR) is 180 cm³/mol. The van der Waals surface area contributed by atoms with Crippen LogP contribution in [-0.4, -0.2) is 43.6 Å². The van der Waals surface area contributed by atoms with Crippen molar-refractivity contribution >= 4 is 24.2 Å². The van der Waals surface area contributed by atoms with Crippen LogP contribution in [0.15, 0.2) is 113 Å². The standard InChI is InChI=1S/C39H29BO7/c1-39(2)23-10-6-5-9-21(23)22-14-13-20(16-24(22)39)26-27-28(33(42)36(45)31(40)32(27)41)25(19-12-11-17-7-3-4-8-18(17)15-19)29-30(26)35(44)38(47)37(46)34(29)43/h3-16,25,28,41-47H,1-2H3. The van der Waals surface area contributed by atoms with Crippen molar-refractivity contribution in [2.75, 3.05) is 0 Å². The number of aliphatic hydroxyl groups is 3. The first-order valence-corrected chi connectivity index (χ1v) is 15.2. The molecule has 0 heterocycles. The second-order valence-corrected chi connectivity index (χ2v) is 13.0. The molecule has 2 radical (unpaired) electrons. The quantitative estimate of drug-likeness (QED) is 0.0606. The van der Waals surface area contributed by atoms with Crippen LogP contribution in [0.5, 0.6) is 23.0 Å². The van der Waals surface area contributed by atoms with Gasteiger partial charge >= 0.3 is 0 Å². The molecule has 230 valence electrons. The summed E-state index contributed by atoms with van der Waals surface area (Å²) in [6.45, 7) is 4.20. The van der Waals surface area contributed by atoms with E-state index in [1.54, 1.807) is 12.1 Å². The summed E-state index contributed by atoms with van der Waals surface area (Å²) in [5.74, 6) is -7.42.